The first kappa shape index (κ1) is 24.8. The van der Waals surface area contributed by atoms with Gasteiger partial charge in [0, 0.05) is 6.54 Å². The van der Waals surface area contributed by atoms with Crippen molar-refractivity contribution in [2.45, 2.75) is 77.7 Å². The summed E-state index contributed by atoms with van der Waals surface area (Å²) in [7, 11) is 0. The second-order valence-electron chi connectivity index (χ2n) is 8.25. The largest absolute Gasteiger partial charge is 0.480 e. The van der Waals surface area contributed by atoms with Gasteiger partial charge in [-0.2, -0.15) is 0 Å². The molecule has 5 atom stereocenters. The van der Waals surface area contributed by atoms with Crippen LogP contribution in [0.3, 0.4) is 0 Å². The number of hydrogen-bond acceptors (Lipinski definition) is 6. The molecule has 29 heavy (non-hydrogen) atoms. The Morgan fingerprint density at radius 1 is 1.00 bits per heavy atom. The summed E-state index contributed by atoms with van der Waals surface area (Å²) in [5, 5.41) is 24.0. The SMILES string of the molecule is CC(C)C(N)C(=O)N1CCCC1C(=O)NC(C(=O)NC(C(=O)O)C(C)C)C(C)O. The van der Waals surface area contributed by atoms with E-state index in [4.69, 9.17) is 5.73 Å². The Labute approximate surface area is 171 Å². The van der Waals surface area contributed by atoms with Crippen LogP contribution in [0.2, 0.25) is 0 Å². The van der Waals surface area contributed by atoms with Gasteiger partial charge >= 0.3 is 5.97 Å². The number of aliphatic carboxylic acids is 1. The number of nitrogens with zero attached hydrogens (tertiary/aromatic N) is 1. The van der Waals surface area contributed by atoms with Gasteiger partial charge in [0.2, 0.25) is 17.7 Å². The maximum atomic E-state index is 12.8. The van der Waals surface area contributed by atoms with Crippen LogP contribution in [0.15, 0.2) is 0 Å². The van der Waals surface area contributed by atoms with Crippen molar-refractivity contribution in [1.82, 2.24) is 15.5 Å². The summed E-state index contributed by atoms with van der Waals surface area (Å²) in [5.41, 5.74) is 5.93. The van der Waals surface area contributed by atoms with Gasteiger partial charge in [-0.15, -0.1) is 0 Å². The van der Waals surface area contributed by atoms with E-state index in [0.29, 0.717) is 19.4 Å². The minimum atomic E-state index is -1.35. The molecule has 0 aliphatic carbocycles. The third kappa shape index (κ3) is 6.40. The topological polar surface area (TPSA) is 162 Å². The molecular formula is C19H34N4O6. The molecule has 0 aromatic rings. The zero-order valence-corrected chi connectivity index (χ0v) is 17.7. The van der Waals surface area contributed by atoms with Gasteiger partial charge in [0.05, 0.1) is 12.1 Å². The third-order valence-electron chi connectivity index (χ3n) is 5.14. The number of carbonyl (C=O) groups is 4. The predicted molar refractivity (Wildman–Crippen MR) is 106 cm³/mol. The van der Waals surface area contributed by atoms with Gasteiger partial charge in [-0.25, -0.2) is 4.79 Å². The van der Waals surface area contributed by atoms with E-state index in [1.54, 1.807) is 13.8 Å². The minimum absolute atomic E-state index is 0.0909. The molecular weight excluding hydrogens is 380 g/mol. The van der Waals surface area contributed by atoms with E-state index in [1.165, 1.54) is 11.8 Å². The van der Waals surface area contributed by atoms with E-state index >= 15 is 0 Å². The van der Waals surface area contributed by atoms with Gasteiger partial charge in [-0.1, -0.05) is 27.7 Å². The van der Waals surface area contributed by atoms with Crippen LogP contribution >= 0.6 is 0 Å². The summed E-state index contributed by atoms with van der Waals surface area (Å²) in [6.07, 6.45) is -0.224. The van der Waals surface area contributed by atoms with Crippen LogP contribution in [-0.2, 0) is 19.2 Å². The van der Waals surface area contributed by atoms with Crippen molar-refractivity contribution in [2.75, 3.05) is 6.54 Å². The average molecular weight is 415 g/mol. The number of carbonyl (C=O) groups excluding carboxylic acids is 3. The van der Waals surface area contributed by atoms with Crippen molar-refractivity contribution in [1.29, 1.82) is 0 Å². The normalized spacial score (nSPS) is 20.9. The van der Waals surface area contributed by atoms with Gasteiger partial charge in [0.1, 0.15) is 18.1 Å². The van der Waals surface area contributed by atoms with Crippen molar-refractivity contribution < 1.29 is 29.4 Å². The number of aliphatic hydroxyl groups excluding tert-OH is 1. The van der Waals surface area contributed by atoms with Crippen molar-refractivity contribution in [3.05, 3.63) is 0 Å². The lowest BCUT2D eigenvalue weighted by molar-refractivity contribution is -0.145. The molecule has 1 heterocycles. The quantitative estimate of drug-likeness (QED) is 0.325. The highest BCUT2D eigenvalue weighted by Crippen LogP contribution is 2.20. The lowest BCUT2D eigenvalue weighted by atomic mass is 10.0. The molecule has 10 nitrogen and oxygen atoms in total. The number of aliphatic hydroxyl groups is 1. The first-order valence-corrected chi connectivity index (χ1v) is 9.96. The number of amides is 3. The monoisotopic (exact) mass is 414 g/mol. The van der Waals surface area contributed by atoms with Crippen molar-refractivity contribution in [3.63, 3.8) is 0 Å². The van der Waals surface area contributed by atoms with E-state index in [0.717, 1.165) is 0 Å². The molecule has 0 spiro atoms. The summed E-state index contributed by atoms with van der Waals surface area (Å²) >= 11 is 0. The van der Waals surface area contributed by atoms with Gasteiger partial charge < -0.3 is 31.5 Å². The number of likely N-dealkylation sites (tertiary alicyclic amines) is 1. The smallest absolute Gasteiger partial charge is 0.326 e. The zero-order valence-electron chi connectivity index (χ0n) is 17.7. The van der Waals surface area contributed by atoms with Crippen LogP contribution in [0.25, 0.3) is 0 Å². The Balaban J connectivity index is 2.90. The van der Waals surface area contributed by atoms with Crippen molar-refractivity contribution in [3.8, 4) is 0 Å². The summed E-state index contributed by atoms with van der Waals surface area (Å²) in [4.78, 5) is 50.6. The second kappa shape index (κ2) is 10.5. The van der Waals surface area contributed by atoms with Crippen LogP contribution in [0.1, 0.15) is 47.5 Å². The highest BCUT2D eigenvalue weighted by Gasteiger charge is 2.39. The van der Waals surface area contributed by atoms with Crippen molar-refractivity contribution in [2.24, 2.45) is 17.6 Å². The number of nitrogens with one attached hydrogen (secondary N) is 2. The third-order valence-corrected chi connectivity index (χ3v) is 5.14. The van der Waals surface area contributed by atoms with E-state index in [2.05, 4.69) is 10.6 Å². The van der Waals surface area contributed by atoms with Gasteiger partial charge in [-0.3, -0.25) is 14.4 Å². The van der Waals surface area contributed by atoms with E-state index in [-0.39, 0.29) is 17.7 Å². The number of carboxylic acids is 1. The zero-order chi connectivity index (χ0) is 22.5. The van der Waals surface area contributed by atoms with Crippen LogP contribution in [0.4, 0.5) is 0 Å². The fourth-order valence-electron chi connectivity index (χ4n) is 3.19. The molecule has 1 saturated heterocycles. The number of carboxylic acid groups (broad SMARTS) is 1. The predicted octanol–water partition coefficient (Wildman–Crippen LogP) is -0.948. The molecule has 0 saturated carbocycles. The molecule has 0 radical (unpaired) electrons. The summed E-state index contributed by atoms with van der Waals surface area (Å²) in [6, 6.07) is -4.03. The Kier molecular flexibility index (Phi) is 9.03. The van der Waals surface area contributed by atoms with E-state index < -0.39 is 48.1 Å². The van der Waals surface area contributed by atoms with Gasteiger partial charge in [0.25, 0.3) is 0 Å². The van der Waals surface area contributed by atoms with Crippen LogP contribution < -0.4 is 16.4 Å². The fraction of sp³-hybridized carbons (Fsp3) is 0.789. The van der Waals surface area contributed by atoms with Crippen LogP contribution in [0.5, 0.6) is 0 Å². The molecule has 1 aliphatic heterocycles. The molecule has 0 aromatic heterocycles. The summed E-state index contributed by atoms with van der Waals surface area (Å²) < 4.78 is 0. The summed E-state index contributed by atoms with van der Waals surface area (Å²) in [6.45, 7) is 8.60. The molecule has 1 aliphatic rings. The lowest BCUT2D eigenvalue weighted by Crippen LogP contribution is -2.60. The molecule has 0 bridgehead atoms. The summed E-state index contributed by atoms with van der Waals surface area (Å²) in [5.74, 6) is -3.40. The highest BCUT2D eigenvalue weighted by atomic mass is 16.4. The fourth-order valence-corrected chi connectivity index (χ4v) is 3.19. The average Bonchev–Trinajstić information content (AvgIpc) is 3.11. The van der Waals surface area contributed by atoms with E-state index in [1.807, 2.05) is 13.8 Å². The number of nitrogens with two attached hydrogens (primary N) is 1. The first-order chi connectivity index (χ1) is 13.4. The molecule has 10 heteroatoms. The number of hydrogen-bond donors (Lipinski definition) is 5. The maximum Gasteiger partial charge on any atom is 0.326 e. The molecule has 166 valence electrons. The molecule has 1 fully saturated rings. The molecule has 5 unspecified atom stereocenters. The van der Waals surface area contributed by atoms with Crippen molar-refractivity contribution >= 4 is 23.7 Å². The second-order valence-corrected chi connectivity index (χ2v) is 8.25. The molecule has 1 rings (SSSR count). The Hall–Kier alpha value is -2.20. The Morgan fingerprint density at radius 2 is 1.59 bits per heavy atom. The Morgan fingerprint density at radius 3 is 2.03 bits per heavy atom. The van der Waals surface area contributed by atoms with Gasteiger partial charge in [0.15, 0.2) is 0 Å². The molecule has 0 aromatic carbocycles. The standard InChI is InChI=1S/C19H34N4O6/c1-9(2)13(20)18(27)23-8-6-7-12(23)16(25)22-15(11(5)24)17(26)21-14(10(3)4)19(28)29/h9-15,24H,6-8,20H2,1-5H3,(H,21,26)(H,22,25)(H,28,29). The molecule has 3 amide bonds. The van der Waals surface area contributed by atoms with Gasteiger partial charge in [-0.05, 0) is 31.6 Å². The number of rotatable bonds is 9. The Bertz CT molecular complexity index is 622. The first-order valence-electron chi connectivity index (χ1n) is 9.96. The molecule has 6 N–H and O–H groups in total. The highest BCUT2D eigenvalue weighted by molar-refractivity contribution is 5.94. The maximum absolute atomic E-state index is 12.8. The van der Waals surface area contributed by atoms with Crippen LogP contribution in [-0.4, -0.2) is 75.6 Å². The van der Waals surface area contributed by atoms with Crippen LogP contribution in [0, 0.1) is 11.8 Å². The van der Waals surface area contributed by atoms with E-state index in [9.17, 15) is 29.4 Å². The minimum Gasteiger partial charge on any atom is -0.480 e. The lowest BCUT2D eigenvalue weighted by Gasteiger charge is -2.30.